The zero-order chi connectivity index (χ0) is 14.4. The maximum atomic E-state index is 11.9. The summed E-state index contributed by atoms with van der Waals surface area (Å²) < 4.78 is 0. The van der Waals surface area contributed by atoms with Crippen LogP contribution in [-0.2, 0) is 9.59 Å². The van der Waals surface area contributed by atoms with Crippen molar-refractivity contribution in [3.8, 4) is 0 Å². The van der Waals surface area contributed by atoms with Gasteiger partial charge in [0.25, 0.3) is 5.91 Å². The molecule has 0 aliphatic carbocycles. The maximum absolute atomic E-state index is 11.9. The molecule has 1 rings (SSSR count). The van der Waals surface area contributed by atoms with Crippen molar-refractivity contribution in [1.29, 1.82) is 0 Å². The molecule has 19 heavy (non-hydrogen) atoms. The van der Waals surface area contributed by atoms with Gasteiger partial charge < -0.3 is 15.7 Å². The van der Waals surface area contributed by atoms with Gasteiger partial charge in [-0.05, 0) is 36.8 Å². The minimum atomic E-state index is -1.04. The number of carboxylic acids is 1. The van der Waals surface area contributed by atoms with Gasteiger partial charge in [-0.15, -0.1) is 0 Å². The first-order valence-electron chi connectivity index (χ1n) is 5.45. The van der Waals surface area contributed by atoms with Gasteiger partial charge in [0, 0.05) is 5.69 Å². The molecule has 0 aliphatic rings. The number of carbonyl (C=O) groups excluding carboxylic acids is 2. The lowest BCUT2D eigenvalue weighted by Gasteiger charge is -2.15. The van der Waals surface area contributed by atoms with Gasteiger partial charge in [0.2, 0.25) is 6.41 Å². The number of hydrogen-bond donors (Lipinski definition) is 3. The fraction of sp³-hybridized carbons (Fsp3) is 0.154. The standard InChI is InChI=1S/C13H14N2O4/c1-8(2)11(14-7-16)12(17)15-10-5-3-9(4-6-10)13(18)19/h3-7,11H,1H2,2H3,(H,14,16)(H,15,17)(H,18,19). The van der Waals surface area contributed by atoms with Crippen molar-refractivity contribution in [2.75, 3.05) is 5.32 Å². The molecule has 0 fully saturated rings. The number of hydrogen-bond acceptors (Lipinski definition) is 3. The molecule has 1 unspecified atom stereocenters. The average Bonchev–Trinajstić information content (AvgIpc) is 2.36. The molecule has 0 saturated heterocycles. The summed E-state index contributed by atoms with van der Waals surface area (Å²) in [5.74, 6) is -1.48. The summed E-state index contributed by atoms with van der Waals surface area (Å²) in [6, 6.07) is 4.87. The van der Waals surface area contributed by atoms with Crippen LogP contribution in [0.25, 0.3) is 0 Å². The van der Waals surface area contributed by atoms with Crippen molar-refractivity contribution < 1.29 is 19.5 Å². The molecule has 1 atom stereocenters. The number of benzene rings is 1. The Labute approximate surface area is 110 Å². The molecule has 2 amide bonds. The van der Waals surface area contributed by atoms with Crippen molar-refractivity contribution >= 4 is 24.0 Å². The van der Waals surface area contributed by atoms with Crippen LogP contribution in [0.15, 0.2) is 36.4 Å². The van der Waals surface area contributed by atoms with Crippen LogP contribution in [0.4, 0.5) is 5.69 Å². The molecule has 0 radical (unpaired) electrons. The minimum absolute atomic E-state index is 0.125. The Kier molecular flexibility index (Phi) is 4.82. The number of aromatic carboxylic acids is 1. The normalized spacial score (nSPS) is 11.2. The Morgan fingerprint density at radius 1 is 1.32 bits per heavy atom. The van der Waals surface area contributed by atoms with Crippen LogP contribution in [0, 0.1) is 0 Å². The third kappa shape index (κ3) is 3.95. The van der Waals surface area contributed by atoms with E-state index in [1.807, 2.05) is 0 Å². The van der Waals surface area contributed by atoms with Gasteiger partial charge >= 0.3 is 5.97 Å². The van der Waals surface area contributed by atoms with E-state index in [-0.39, 0.29) is 5.56 Å². The molecule has 6 nitrogen and oxygen atoms in total. The molecule has 0 aromatic heterocycles. The largest absolute Gasteiger partial charge is 0.478 e. The topological polar surface area (TPSA) is 95.5 Å². The van der Waals surface area contributed by atoms with E-state index in [0.29, 0.717) is 17.7 Å². The quantitative estimate of drug-likeness (QED) is 0.526. The lowest BCUT2D eigenvalue weighted by atomic mass is 10.1. The highest BCUT2D eigenvalue weighted by atomic mass is 16.4. The van der Waals surface area contributed by atoms with Gasteiger partial charge in [-0.3, -0.25) is 9.59 Å². The molecular formula is C13H14N2O4. The molecule has 1 aromatic carbocycles. The first kappa shape index (κ1) is 14.4. The molecule has 1 aromatic rings. The molecule has 0 aliphatic heterocycles. The van der Waals surface area contributed by atoms with Crippen molar-refractivity contribution in [2.45, 2.75) is 13.0 Å². The van der Waals surface area contributed by atoms with Crippen LogP contribution >= 0.6 is 0 Å². The summed E-state index contributed by atoms with van der Waals surface area (Å²) in [6.07, 6.45) is 0.423. The average molecular weight is 262 g/mol. The van der Waals surface area contributed by atoms with Gasteiger partial charge in [-0.1, -0.05) is 6.58 Å². The molecule has 0 heterocycles. The summed E-state index contributed by atoms with van der Waals surface area (Å²) in [6.45, 7) is 5.23. The first-order chi connectivity index (χ1) is 8.95. The fourth-order valence-corrected chi connectivity index (χ4v) is 1.42. The smallest absolute Gasteiger partial charge is 0.335 e. The summed E-state index contributed by atoms with van der Waals surface area (Å²) in [5, 5.41) is 13.6. The van der Waals surface area contributed by atoms with E-state index in [1.54, 1.807) is 6.92 Å². The Hall–Kier alpha value is -2.63. The van der Waals surface area contributed by atoms with Crippen molar-refractivity contribution in [1.82, 2.24) is 5.32 Å². The van der Waals surface area contributed by atoms with E-state index in [4.69, 9.17) is 5.11 Å². The van der Waals surface area contributed by atoms with Gasteiger partial charge in [-0.2, -0.15) is 0 Å². The second-order valence-electron chi connectivity index (χ2n) is 3.94. The molecule has 0 saturated carbocycles. The van der Waals surface area contributed by atoms with Crippen LogP contribution in [0.3, 0.4) is 0 Å². The highest BCUT2D eigenvalue weighted by Crippen LogP contribution is 2.11. The summed E-state index contributed by atoms with van der Waals surface area (Å²) in [7, 11) is 0. The van der Waals surface area contributed by atoms with Gasteiger partial charge in [0.1, 0.15) is 6.04 Å². The number of rotatable bonds is 6. The van der Waals surface area contributed by atoms with E-state index < -0.39 is 17.9 Å². The maximum Gasteiger partial charge on any atom is 0.335 e. The number of carbonyl (C=O) groups is 3. The molecule has 100 valence electrons. The summed E-state index contributed by atoms with van der Waals surface area (Å²) >= 11 is 0. The van der Waals surface area contributed by atoms with E-state index in [1.165, 1.54) is 24.3 Å². The van der Waals surface area contributed by atoms with Crippen LogP contribution in [0.2, 0.25) is 0 Å². The summed E-state index contributed by atoms with van der Waals surface area (Å²) in [5.41, 5.74) is 1.06. The monoisotopic (exact) mass is 262 g/mol. The zero-order valence-electron chi connectivity index (χ0n) is 10.3. The number of carboxylic acid groups (broad SMARTS) is 1. The number of anilines is 1. The van der Waals surface area contributed by atoms with Crippen LogP contribution in [0.5, 0.6) is 0 Å². The highest BCUT2D eigenvalue weighted by Gasteiger charge is 2.18. The third-order valence-electron chi connectivity index (χ3n) is 2.39. The van der Waals surface area contributed by atoms with Gasteiger partial charge in [-0.25, -0.2) is 4.79 Å². The van der Waals surface area contributed by atoms with Crippen molar-refractivity contribution in [2.24, 2.45) is 0 Å². The third-order valence-corrected chi connectivity index (χ3v) is 2.39. The zero-order valence-corrected chi connectivity index (χ0v) is 10.3. The van der Waals surface area contributed by atoms with Gasteiger partial charge in [0.15, 0.2) is 0 Å². The molecular weight excluding hydrogens is 248 g/mol. The Bertz CT molecular complexity index is 508. The second kappa shape index (κ2) is 6.34. The molecule has 0 spiro atoms. The number of nitrogens with one attached hydrogen (secondary N) is 2. The SMILES string of the molecule is C=C(C)C(NC=O)C(=O)Nc1ccc(C(=O)O)cc1. The van der Waals surface area contributed by atoms with E-state index in [2.05, 4.69) is 17.2 Å². The summed E-state index contributed by atoms with van der Waals surface area (Å²) in [4.78, 5) is 32.9. The van der Waals surface area contributed by atoms with E-state index >= 15 is 0 Å². The van der Waals surface area contributed by atoms with Crippen LogP contribution in [0.1, 0.15) is 17.3 Å². The van der Waals surface area contributed by atoms with Crippen molar-refractivity contribution in [3.63, 3.8) is 0 Å². The predicted molar refractivity (Wildman–Crippen MR) is 69.8 cm³/mol. The van der Waals surface area contributed by atoms with Gasteiger partial charge in [0.05, 0.1) is 5.56 Å². The molecule has 6 heteroatoms. The molecule has 0 bridgehead atoms. The number of amides is 2. The van der Waals surface area contributed by atoms with Crippen LogP contribution in [-0.4, -0.2) is 29.4 Å². The Morgan fingerprint density at radius 2 is 1.89 bits per heavy atom. The molecule has 3 N–H and O–H groups in total. The van der Waals surface area contributed by atoms with E-state index in [0.717, 1.165) is 0 Å². The van der Waals surface area contributed by atoms with Crippen molar-refractivity contribution in [3.05, 3.63) is 42.0 Å². The Balaban J connectivity index is 2.77. The van der Waals surface area contributed by atoms with Crippen LogP contribution < -0.4 is 10.6 Å². The predicted octanol–water partition coefficient (Wildman–Crippen LogP) is 1.01. The van der Waals surface area contributed by atoms with E-state index in [9.17, 15) is 14.4 Å². The minimum Gasteiger partial charge on any atom is -0.478 e. The Morgan fingerprint density at radius 3 is 2.32 bits per heavy atom. The lowest BCUT2D eigenvalue weighted by Crippen LogP contribution is -2.40. The first-order valence-corrected chi connectivity index (χ1v) is 5.45. The second-order valence-corrected chi connectivity index (χ2v) is 3.94. The lowest BCUT2D eigenvalue weighted by molar-refractivity contribution is -0.120. The highest BCUT2D eigenvalue weighted by molar-refractivity contribution is 5.98. The fourth-order valence-electron chi connectivity index (χ4n) is 1.42.